The van der Waals surface area contributed by atoms with Crippen LogP contribution in [-0.2, 0) is 10.9 Å². The average molecular weight is 368 g/mol. The number of anilines is 1. The summed E-state index contributed by atoms with van der Waals surface area (Å²) in [6, 6.07) is 8.44. The van der Waals surface area contributed by atoms with E-state index in [1.54, 1.807) is 0 Å². The van der Waals surface area contributed by atoms with Gasteiger partial charge in [0.05, 0.1) is 22.8 Å². The molecule has 1 aliphatic heterocycles. The molecule has 3 rings (SSSR count). The van der Waals surface area contributed by atoms with Crippen molar-refractivity contribution < 1.29 is 17.9 Å². The minimum Gasteiger partial charge on any atom is -0.370 e. The van der Waals surface area contributed by atoms with Gasteiger partial charge in [0.1, 0.15) is 18.0 Å². The van der Waals surface area contributed by atoms with Crippen molar-refractivity contribution in [3.05, 3.63) is 58.2 Å². The van der Waals surface area contributed by atoms with E-state index in [0.29, 0.717) is 41.7 Å². The van der Waals surface area contributed by atoms with E-state index < -0.39 is 11.7 Å². The highest BCUT2D eigenvalue weighted by atomic mass is 35.5. The molecule has 0 spiro atoms. The van der Waals surface area contributed by atoms with Crippen molar-refractivity contribution in [2.24, 2.45) is 0 Å². The second-order valence-electron chi connectivity index (χ2n) is 5.57. The van der Waals surface area contributed by atoms with Crippen molar-refractivity contribution >= 4 is 17.4 Å². The summed E-state index contributed by atoms with van der Waals surface area (Å²) in [5.74, 6) is 0.529. The molecule has 1 unspecified atom stereocenters. The third-order valence-electron chi connectivity index (χ3n) is 3.93. The number of benzene rings is 1. The molecule has 1 atom stereocenters. The zero-order valence-electron chi connectivity index (χ0n) is 12.9. The Morgan fingerprint density at radius 2 is 2.00 bits per heavy atom. The maximum absolute atomic E-state index is 12.7. The molecule has 0 saturated carbocycles. The van der Waals surface area contributed by atoms with Gasteiger partial charge < -0.3 is 9.64 Å². The number of morpholine rings is 1. The highest BCUT2D eigenvalue weighted by Gasteiger charge is 2.31. The second kappa shape index (κ2) is 6.90. The van der Waals surface area contributed by atoms with Crippen LogP contribution in [0.2, 0.25) is 5.02 Å². The normalized spacial score (nSPS) is 18.0. The van der Waals surface area contributed by atoms with E-state index in [0.717, 1.165) is 12.1 Å². The van der Waals surface area contributed by atoms with Crippen LogP contribution < -0.4 is 4.90 Å². The Labute approximate surface area is 147 Å². The lowest BCUT2D eigenvalue weighted by Crippen LogP contribution is -2.39. The first kappa shape index (κ1) is 17.5. The first-order valence-corrected chi connectivity index (χ1v) is 7.85. The van der Waals surface area contributed by atoms with Gasteiger partial charge in [-0.25, -0.2) is 4.98 Å². The highest BCUT2D eigenvalue weighted by molar-refractivity contribution is 6.33. The molecule has 0 radical (unpaired) electrons. The van der Waals surface area contributed by atoms with Crippen LogP contribution in [0.4, 0.5) is 19.0 Å². The Morgan fingerprint density at radius 1 is 1.28 bits per heavy atom. The molecule has 0 amide bonds. The van der Waals surface area contributed by atoms with Crippen molar-refractivity contribution in [1.29, 1.82) is 5.26 Å². The van der Waals surface area contributed by atoms with Gasteiger partial charge in [-0.3, -0.25) is 0 Å². The predicted molar refractivity (Wildman–Crippen MR) is 86.3 cm³/mol. The molecule has 2 heterocycles. The number of pyridine rings is 1. The summed E-state index contributed by atoms with van der Waals surface area (Å²) in [4.78, 5) is 6.11. The lowest BCUT2D eigenvalue weighted by Gasteiger charge is -2.34. The molecule has 1 aliphatic rings. The Morgan fingerprint density at radius 3 is 2.60 bits per heavy atom. The molecular weight excluding hydrogens is 355 g/mol. The predicted octanol–water partition coefficient (Wildman–Crippen LogP) is 4.20. The van der Waals surface area contributed by atoms with Gasteiger partial charge in [-0.05, 0) is 23.8 Å². The standard InChI is InChI=1S/C17H13ClF3N3O/c18-14-7-11(8-22)9-23-16(14)24-5-6-25-15(10-24)12-1-3-13(4-2-12)17(19,20)21/h1-4,7,9,15H,5-6,10H2. The van der Waals surface area contributed by atoms with Gasteiger partial charge in [0, 0.05) is 19.3 Å². The van der Waals surface area contributed by atoms with E-state index in [9.17, 15) is 13.2 Å². The van der Waals surface area contributed by atoms with Crippen molar-refractivity contribution in [3.8, 4) is 6.07 Å². The van der Waals surface area contributed by atoms with Crippen molar-refractivity contribution in [1.82, 2.24) is 4.98 Å². The number of alkyl halides is 3. The minimum absolute atomic E-state index is 0.354. The lowest BCUT2D eigenvalue weighted by atomic mass is 10.1. The SMILES string of the molecule is N#Cc1cnc(N2CCOC(c3ccc(C(F)(F)F)cc3)C2)c(Cl)c1. The molecule has 1 aromatic heterocycles. The summed E-state index contributed by atoms with van der Waals surface area (Å²) in [5, 5.41) is 9.23. The molecule has 25 heavy (non-hydrogen) atoms. The van der Waals surface area contributed by atoms with Gasteiger partial charge in [0.15, 0.2) is 0 Å². The maximum Gasteiger partial charge on any atom is 0.416 e. The molecule has 8 heteroatoms. The molecule has 0 N–H and O–H groups in total. The van der Waals surface area contributed by atoms with Crippen LogP contribution in [0.5, 0.6) is 0 Å². The van der Waals surface area contributed by atoms with E-state index >= 15 is 0 Å². The van der Waals surface area contributed by atoms with E-state index in [-0.39, 0.29) is 6.10 Å². The summed E-state index contributed by atoms with van der Waals surface area (Å²) in [6.45, 7) is 1.35. The Kier molecular flexibility index (Phi) is 4.84. The van der Waals surface area contributed by atoms with Crippen LogP contribution in [0, 0.1) is 11.3 Å². The van der Waals surface area contributed by atoms with Crippen molar-refractivity contribution in [2.75, 3.05) is 24.6 Å². The van der Waals surface area contributed by atoms with Gasteiger partial charge in [0.2, 0.25) is 0 Å². The zero-order chi connectivity index (χ0) is 18.0. The third-order valence-corrected chi connectivity index (χ3v) is 4.20. The Bertz CT molecular complexity index is 802. The fourth-order valence-electron chi connectivity index (χ4n) is 2.65. The Balaban J connectivity index is 1.78. The number of nitriles is 1. The molecule has 1 aromatic carbocycles. The summed E-state index contributed by atoms with van der Waals surface area (Å²) in [5.41, 5.74) is 0.324. The first-order chi connectivity index (χ1) is 11.9. The Hall–Kier alpha value is -2.30. The molecule has 1 fully saturated rings. The van der Waals surface area contributed by atoms with E-state index in [1.165, 1.54) is 24.4 Å². The molecule has 0 aliphatic carbocycles. The molecule has 4 nitrogen and oxygen atoms in total. The summed E-state index contributed by atoms with van der Waals surface area (Å²) >= 11 is 6.19. The summed E-state index contributed by atoms with van der Waals surface area (Å²) < 4.78 is 43.7. The van der Waals surface area contributed by atoms with Gasteiger partial charge in [-0.2, -0.15) is 18.4 Å². The smallest absolute Gasteiger partial charge is 0.370 e. The number of aromatic nitrogens is 1. The lowest BCUT2D eigenvalue weighted by molar-refractivity contribution is -0.137. The van der Waals surface area contributed by atoms with E-state index in [4.69, 9.17) is 21.6 Å². The zero-order valence-corrected chi connectivity index (χ0v) is 13.7. The fraction of sp³-hybridized carbons (Fsp3) is 0.294. The van der Waals surface area contributed by atoms with Gasteiger partial charge in [-0.15, -0.1) is 0 Å². The van der Waals surface area contributed by atoms with Crippen molar-refractivity contribution in [2.45, 2.75) is 12.3 Å². The van der Waals surface area contributed by atoms with Gasteiger partial charge in [0.25, 0.3) is 0 Å². The molecule has 0 bridgehead atoms. The number of rotatable bonds is 2. The minimum atomic E-state index is -4.36. The largest absolute Gasteiger partial charge is 0.416 e. The van der Waals surface area contributed by atoms with E-state index in [1.807, 2.05) is 11.0 Å². The van der Waals surface area contributed by atoms with Crippen LogP contribution >= 0.6 is 11.6 Å². The van der Waals surface area contributed by atoms with Crippen LogP contribution in [0.1, 0.15) is 22.8 Å². The second-order valence-corrected chi connectivity index (χ2v) is 5.97. The quantitative estimate of drug-likeness (QED) is 0.798. The number of ether oxygens (including phenoxy) is 1. The van der Waals surface area contributed by atoms with Crippen LogP contribution in [0.25, 0.3) is 0 Å². The van der Waals surface area contributed by atoms with Crippen LogP contribution in [0.15, 0.2) is 36.5 Å². The summed E-state index contributed by atoms with van der Waals surface area (Å²) in [6.07, 6.45) is -3.31. The average Bonchev–Trinajstić information content (AvgIpc) is 2.61. The third kappa shape index (κ3) is 3.86. The number of halogens is 4. The van der Waals surface area contributed by atoms with Crippen LogP contribution in [0.3, 0.4) is 0 Å². The van der Waals surface area contributed by atoms with Gasteiger partial charge in [-0.1, -0.05) is 23.7 Å². The maximum atomic E-state index is 12.7. The molecule has 130 valence electrons. The topological polar surface area (TPSA) is 49.2 Å². The number of nitrogens with zero attached hydrogens (tertiary/aromatic N) is 3. The number of hydrogen-bond acceptors (Lipinski definition) is 4. The molecule has 2 aromatic rings. The van der Waals surface area contributed by atoms with Gasteiger partial charge >= 0.3 is 6.18 Å². The first-order valence-electron chi connectivity index (χ1n) is 7.48. The van der Waals surface area contributed by atoms with Crippen LogP contribution in [-0.4, -0.2) is 24.7 Å². The summed E-state index contributed by atoms with van der Waals surface area (Å²) in [7, 11) is 0. The number of hydrogen-bond donors (Lipinski definition) is 0. The van der Waals surface area contributed by atoms with Crippen molar-refractivity contribution in [3.63, 3.8) is 0 Å². The highest BCUT2D eigenvalue weighted by Crippen LogP contribution is 2.32. The molecular formula is C17H13ClF3N3O. The fourth-order valence-corrected chi connectivity index (χ4v) is 2.94. The molecule has 1 saturated heterocycles. The van der Waals surface area contributed by atoms with E-state index in [2.05, 4.69) is 4.98 Å². The monoisotopic (exact) mass is 367 g/mol.